The van der Waals surface area contributed by atoms with Crippen LogP contribution in [0, 0.1) is 0 Å². The van der Waals surface area contributed by atoms with Crippen molar-refractivity contribution in [2.45, 2.75) is 0 Å². The summed E-state index contributed by atoms with van der Waals surface area (Å²) in [6.07, 6.45) is 1.19. The molecule has 0 aliphatic rings. The molecule has 4 heteroatoms. The summed E-state index contributed by atoms with van der Waals surface area (Å²) in [4.78, 5) is 16.7. The first kappa shape index (κ1) is 12.8. The van der Waals surface area contributed by atoms with Crippen molar-refractivity contribution in [1.82, 2.24) is 0 Å². The molecule has 2 aromatic rings. The fourth-order valence-corrected chi connectivity index (χ4v) is 1.80. The van der Waals surface area contributed by atoms with Crippen LogP contribution in [0.4, 0.5) is 5.69 Å². The third kappa shape index (κ3) is 4.06. The summed E-state index contributed by atoms with van der Waals surface area (Å²) in [5.41, 5.74) is 1.37. The molecule has 0 spiro atoms. The van der Waals surface area contributed by atoms with E-state index in [4.69, 9.17) is 12.2 Å². The molecule has 0 aliphatic heterocycles. The summed E-state index contributed by atoms with van der Waals surface area (Å²) in [6.45, 7) is -0.550. The van der Waals surface area contributed by atoms with Crippen molar-refractivity contribution in [3.63, 3.8) is 0 Å². The summed E-state index contributed by atoms with van der Waals surface area (Å²) in [5, 5.41) is 0. The van der Waals surface area contributed by atoms with Gasteiger partial charge in [0.1, 0.15) is 12.4 Å². The average molecular weight is 297 g/mol. The molecule has 0 amide bonds. The molecule has 0 saturated heterocycles. The van der Waals surface area contributed by atoms with E-state index in [0.29, 0.717) is 17.0 Å². The third-order valence-corrected chi connectivity index (χ3v) is 2.85. The second-order valence-corrected chi connectivity index (χ2v) is 4.33. The molecular weight excluding hydrogens is 278 g/mol. The van der Waals surface area contributed by atoms with Crippen LogP contribution >= 0.6 is 0 Å². The Labute approximate surface area is 132 Å². The maximum Gasteiger partial charge on any atom is 0.357 e. The van der Waals surface area contributed by atoms with Gasteiger partial charge in [0.15, 0.2) is 5.71 Å². The molecule has 0 heterocycles. The van der Waals surface area contributed by atoms with Gasteiger partial charge in [-0.3, -0.25) is 0 Å². The van der Waals surface area contributed by atoms with Gasteiger partial charge in [-0.15, -0.1) is 0 Å². The summed E-state index contributed by atoms with van der Waals surface area (Å²) in [6, 6.07) is 16.0. The van der Waals surface area contributed by atoms with E-state index in [2.05, 4.69) is 4.99 Å². The smallest absolute Gasteiger partial charge is 0.357 e. The number of carbonyl (C=O) groups is 1. The number of benzene rings is 2. The standard InChI is InChI=1S/C18H17NO3/c1-3-13-22-18(20)17(14-7-5-4-6-8-14)19-15-9-11-16(21-2)12-10-15/h3-12H,1,13H2,2H3/i1D2. The first-order valence-electron chi connectivity index (χ1n) is 7.69. The minimum absolute atomic E-state index is 0.143. The number of ether oxygens (including phenoxy) is 2. The van der Waals surface area contributed by atoms with Crippen LogP contribution in [0.3, 0.4) is 0 Å². The maximum atomic E-state index is 12.3. The quantitative estimate of drug-likeness (QED) is 0.465. The Morgan fingerprint density at radius 1 is 1.23 bits per heavy atom. The molecule has 4 nitrogen and oxygen atoms in total. The first-order chi connectivity index (χ1) is 11.6. The lowest BCUT2D eigenvalue weighted by Gasteiger charge is -2.07. The number of rotatable bonds is 6. The lowest BCUT2D eigenvalue weighted by atomic mass is 10.1. The van der Waals surface area contributed by atoms with Gasteiger partial charge in [-0.05, 0) is 24.3 Å². The van der Waals surface area contributed by atoms with Crippen molar-refractivity contribution < 1.29 is 17.0 Å². The molecule has 0 saturated carbocycles. The van der Waals surface area contributed by atoms with E-state index in [1.54, 1.807) is 55.6 Å². The molecule has 22 heavy (non-hydrogen) atoms. The highest BCUT2D eigenvalue weighted by atomic mass is 16.5. The van der Waals surface area contributed by atoms with Crippen molar-refractivity contribution in [3.8, 4) is 5.75 Å². The highest BCUT2D eigenvalue weighted by Gasteiger charge is 2.15. The van der Waals surface area contributed by atoms with E-state index in [1.807, 2.05) is 6.07 Å². The molecule has 0 aliphatic carbocycles. The molecular formula is C18H17NO3. The van der Waals surface area contributed by atoms with E-state index in [1.165, 1.54) is 6.08 Å². The van der Waals surface area contributed by atoms with Crippen LogP contribution in [0.1, 0.15) is 8.30 Å². The molecule has 112 valence electrons. The van der Waals surface area contributed by atoms with Gasteiger partial charge < -0.3 is 9.47 Å². The molecule has 0 fully saturated rings. The Bertz CT molecular complexity index is 737. The maximum absolute atomic E-state index is 12.3. The third-order valence-electron chi connectivity index (χ3n) is 2.85. The van der Waals surface area contributed by atoms with Gasteiger partial charge in [-0.2, -0.15) is 0 Å². The second-order valence-electron chi connectivity index (χ2n) is 4.33. The van der Waals surface area contributed by atoms with Crippen molar-refractivity contribution in [2.24, 2.45) is 4.99 Å². The Kier molecular flexibility index (Phi) is 4.54. The van der Waals surface area contributed by atoms with Gasteiger partial charge in [0.25, 0.3) is 0 Å². The van der Waals surface area contributed by atoms with E-state index in [-0.39, 0.29) is 12.3 Å². The largest absolute Gasteiger partial charge is 0.497 e. The predicted octanol–water partition coefficient (Wildman–Crippen LogP) is 3.55. The second kappa shape index (κ2) is 7.78. The molecule has 0 N–H and O–H groups in total. The fourth-order valence-electron chi connectivity index (χ4n) is 1.80. The zero-order valence-corrected chi connectivity index (χ0v) is 12.2. The molecule has 0 atom stereocenters. The van der Waals surface area contributed by atoms with E-state index < -0.39 is 12.5 Å². The highest BCUT2D eigenvalue weighted by Crippen LogP contribution is 2.19. The summed E-state index contributed by atoms with van der Waals surface area (Å²) >= 11 is 0. The van der Waals surface area contributed by atoms with E-state index in [0.717, 1.165) is 0 Å². The number of hydrogen-bond acceptors (Lipinski definition) is 4. The van der Waals surface area contributed by atoms with Gasteiger partial charge in [0.2, 0.25) is 0 Å². The monoisotopic (exact) mass is 297 g/mol. The van der Waals surface area contributed by atoms with Gasteiger partial charge in [0.05, 0.1) is 15.5 Å². The van der Waals surface area contributed by atoms with Crippen molar-refractivity contribution in [2.75, 3.05) is 13.7 Å². The Morgan fingerprint density at radius 2 is 1.95 bits per heavy atom. The van der Waals surface area contributed by atoms with Gasteiger partial charge >= 0.3 is 5.97 Å². The normalized spacial score (nSPS) is 12.0. The zero-order chi connectivity index (χ0) is 17.4. The molecule has 0 bridgehead atoms. The molecule has 0 radical (unpaired) electrons. The van der Waals surface area contributed by atoms with Crippen LogP contribution in [0.5, 0.6) is 5.75 Å². The Balaban J connectivity index is 2.30. The Morgan fingerprint density at radius 3 is 2.59 bits per heavy atom. The van der Waals surface area contributed by atoms with E-state index >= 15 is 0 Å². The zero-order valence-electron chi connectivity index (χ0n) is 14.2. The molecule has 0 unspecified atom stereocenters. The van der Waals surface area contributed by atoms with Crippen LogP contribution in [-0.4, -0.2) is 25.4 Å². The highest BCUT2D eigenvalue weighted by molar-refractivity contribution is 6.43. The number of nitrogens with zero attached hydrogens (tertiary/aromatic N) is 1. The molecule has 0 aromatic heterocycles. The van der Waals surface area contributed by atoms with Gasteiger partial charge in [-0.25, -0.2) is 9.79 Å². The van der Waals surface area contributed by atoms with Gasteiger partial charge in [0, 0.05) is 5.56 Å². The number of carbonyl (C=O) groups excluding carboxylic acids is 1. The number of hydrogen-bond donors (Lipinski definition) is 0. The predicted molar refractivity (Wildman–Crippen MR) is 86.8 cm³/mol. The fraction of sp³-hybridized carbons (Fsp3) is 0.111. The SMILES string of the molecule is [2H]C([2H])=CCOC(=O)C(=Nc1ccc(OC)cc1)c1ccccc1. The average Bonchev–Trinajstić information content (AvgIpc) is 2.60. The summed E-state index contributed by atoms with van der Waals surface area (Å²) in [7, 11) is 1.57. The minimum Gasteiger partial charge on any atom is -0.497 e. The van der Waals surface area contributed by atoms with Crippen molar-refractivity contribution >= 4 is 17.4 Å². The van der Waals surface area contributed by atoms with Crippen LogP contribution in [-0.2, 0) is 9.53 Å². The first-order valence-corrected chi connectivity index (χ1v) is 6.69. The van der Waals surface area contributed by atoms with Crippen molar-refractivity contribution in [3.05, 3.63) is 72.8 Å². The summed E-state index contributed by atoms with van der Waals surface area (Å²) < 4.78 is 24.2. The van der Waals surface area contributed by atoms with Crippen LogP contribution in [0.2, 0.25) is 0 Å². The van der Waals surface area contributed by atoms with Crippen molar-refractivity contribution in [1.29, 1.82) is 0 Å². The number of aliphatic imine (C=N–C) groups is 1. The lowest BCUT2D eigenvalue weighted by molar-refractivity contribution is -0.134. The van der Waals surface area contributed by atoms with Crippen LogP contribution in [0.15, 0.2) is 72.2 Å². The molecule has 2 rings (SSSR count). The van der Waals surface area contributed by atoms with Crippen LogP contribution < -0.4 is 4.74 Å². The van der Waals surface area contributed by atoms with Crippen LogP contribution in [0.25, 0.3) is 0 Å². The van der Waals surface area contributed by atoms with E-state index in [9.17, 15) is 4.79 Å². The lowest BCUT2D eigenvalue weighted by Crippen LogP contribution is -2.18. The summed E-state index contributed by atoms with van der Waals surface area (Å²) in [5.74, 6) is 0.0795. The Hall–Kier alpha value is -2.88. The number of esters is 1. The molecule has 2 aromatic carbocycles. The number of methoxy groups -OCH3 is 1. The van der Waals surface area contributed by atoms with Gasteiger partial charge in [-0.1, -0.05) is 42.9 Å². The minimum atomic E-state index is -0.616. The topological polar surface area (TPSA) is 47.9 Å².